The fourth-order valence-corrected chi connectivity index (χ4v) is 3.90. The predicted molar refractivity (Wildman–Crippen MR) is 96.7 cm³/mol. The molecule has 0 heterocycles. The third-order valence-corrected chi connectivity index (χ3v) is 5.52. The summed E-state index contributed by atoms with van der Waals surface area (Å²) in [6.07, 6.45) is 0. The molecule has 0 aliphatic carbocycles. The third-order valence-electron chi connectivity index (χ3n) is 3.14. The van der Waals surface area contributed by atoms with Crippen LogP contribution < -0.4 is 9.47 Å². The van der Waals surface area contributed by atoms with Crippen molar-refractivity contribution in [2.24, 2.45) is 0 Å². The molecule has 0 atom stereocenters. The minimum atomic E-state index is -0.465. The van der Waals surface area contributed by atoms with Crippen molar-refractivity contribution in [1.82, 2.24) is 0 Å². The van der Waals surface area contributed by atoms with E-state index in [2.05, 4.69) is 32.0 Å². The lowest BCUT2D eigenvalue weighted by Gasteiger charge is -2.10. The van der Waals surface area contributed by atoms with Crippen LogP contribution in [0.5, 0.6) is 11.5 Å². The summed E-state index contributed by atoms with van der Waals surface area (Å²) in [7, 11) is 3.15. The summed E-state index contributed by atoms with van der Waals surface area (Å²) in [6, 6.07) is 11.4. The van der Waals surface area contributed by atoms with Crippen molar-refractivity contribution in [3.63, 3.8) is 0 Å². The molecule has 0 unspecified atom stereocenters. The lowest BCUT2D eigenvalue weighted by Crippen LogP contribution is -2.07. The highest BCUT2D eigenvalue weighted by Crippen LogP contribution is 2.41. The van der Waals surface area contributed by atoms with Crippen molar-refractivity contribution >= 4 is 33.5 Å². The Morgan fingerprint density at radius 3 is 1.88 bits per heavy atom. The number of carbonyl (C=O) groups is 2. The molecule has 126 valence electrons. The summed E-state index contributed by atoms with van der Waals surface area (Å²) in [5.74, 6) is -0.456. The molecule has 0 fully saturated rings. The van der Waals surface area contributed by atoms with E-state index in [1.165, 1.54) is 25.0 Å². The van der Waals surface area contributed by atoms with Gasteiger partial charge in [0.1, 0.15) is 0 Å². The van der Waals surface area contributed by atoms with Gasteiger partial charge in [0.15, 0.2) is 11.5 Å². The van der Waals surface area contributed by atoms with Crippen molar-refractivity contribution < 1.29 is 19.1 Å². The van der Waals surface area contributed by atoms with Crippen LogP contribution in [0.3, 0.4) is 0 Å². The Morgan fingerprint density at radius 1 is 0.750 bits per heavy atom. The van der Waals surface area contributed by atoms with Crippen LogP contribution in [-0.4, -0.2) is 11.9 Å². The maximum Gasteiger partial charge on any atom is 0.308 e. The number of carbonyl (C=O) groups excluding carboxylic acids is 2. The summed E-state index contributed by atoms with van der Waals surface area (Å²) in [4.78, 5) is 24.4. The third kappa shape index (κ3) is 5.32. The molecule has 2 aromatic rings. The van der Waals surface area contributed by atoms with E-state index < -0.39 is 11.9 Å². The van der Waals surface area contributed by atoms with Gasteiger partial charge in [-0.05, 0) is 55.3 Å². The van der Waals surface area contributed by atoms with Gasteiger partial charge in [-0.15, -0.1) is 0 Å². The SMILES string of the molecule is CC(=O)Oc1ccc(SSc2ccc(C)c(C)c2)cc1OC(C)=O. The number of esters is 2. The Hall–Kier alpha value is -1.92. The highest BCUT2D eigenvalue weighted by molar-refractivity contribution is 8.76. The second-order valence-corrected chi connectivity index (χ2v) is 7.48. The molecule has 0 aliphatic heterocycles. The molecule has 4 nitrogen and oxygen atoms in total. The van der Waals surface area contributed by atoms with E-state index in [9.17, 15) is 9.59 Å². The maximum atomic E-state index is 11.2. The quantitative estimate of drug-likeness (QED) is 0.426. The minimum Gasteiger partial charge on any atom is -0.423 e. The largest absolute Gasteiger partial charge is 0.423 e. The Labute approximate surface area is 149 Å². The first-order valence-electron chi connectivity index (χ1n) is 7.28. The highest BCUT2D eigenvalue weighted by Gasteiger charge is 2.12. The standard InChI is InChI=1S/C18H18O4S2/c1-11-5-6-15(9-12(11)2)23-24-16-7-8-17(21-13(3)19)18(10-16)22-14(4)20/h5-10H,1-4H3. The fraction of sp³-hybridized carbons (Fsp3) is 0.222. The fourth-order valence-electron chi connectivity index (χ4n) is 1.88. The van der Waals surface area contributed by atoms with Gasteiger partial charge in [0.05, 0.1) is 0 Å². The molecule has 6 heteroatoms. The van der Waals surface area contributed by atoms with E-state index in [4.69, 9.17) is 9.47 Å². The van der Waals surface area contributed by atoms with Gasteiger partial charge >= 0.3 is 11.9 Å². The van der Waals surface area contributed by atoms with Crippen LogP contribution in [0, 0.1) is 13.8 Å². The molecule has 0 N–H and O–H groups in total. The van der Waals surface area contributed by atoms with Crippen LogP contribution >= 0.6 is 21.6 Å². The molecule has 0 bridgehead atoms. The predicted octanol–water partition coefficient (Wildman–Crippen LogP) is 4.95. The van der Waals surface area contributed by atoms with E-state index in [0.29, 0.717) is 0 Å². The second kappa shape index (κ2) is 8.26. The second-order valence-electron chi connectivity index (χ2n) is 5.21. The van der Waals surface area contributed by atoms with Crippen molar-refractivity contribution in [3.05, 3.63) is 47.5 Å². The van der Waals surface area contributed by atoms with E-state index in [1.807, 2.05) is 6.07 Å². The Bertz CT molecular complexity index is 772. The maximum absolute atomic E-state index is 11.2. The molecular weight excluding hydrogens is 344 g/mol. The first-order chi connectivity index (χ1) is 11.3. The van der Waals surface area contributed by atoms with Crippen LogP contribution in [0.25, 0.3) is 0 Å². The van der Waals surface area contributed by atoms with E-state index in [0.717, 1.165) is 9.79 Å². The van der Waals surface area contributed by atoms with Crippen LogP contribution in [-0.2, 0) is 9.59 Å². The number of hydrogen-bond donors (Lipinski definition) is 0. The van der Waals surface area contributed by atoms with Crippen LogP contribution in [0.2, 0.25) is 0 Å². The average molecular weight is 362 g/mol. The first kappa shape index (κ1) is 18.4. The lowest BCUT2D eigenvalue weighted by molar-refractivity contribution is -0.134. The zero-order chi connectivity index (χ0) is 17.7. The number of rotatable bonds is 5. The zero-order valence-electron chi connectivity index (χ0n) is 13.9. The monoisotopic (exact) mass is 362 g/mol. The number of benzene rings is 2. The molecule has 24 heavy (non-hydrogen) atoms. The Kier molecular flexibility index (Phi) is 6.34. The molecule has 0 aromatic heterocycles. The van der Waals surface area contributed by atoms with Crippen molar-refractivity contribution in [1.29, 1.82) is 0 Å². The zero-order valence-corrected chi connectivity index (χ0v) is 15.5. The number of aryl methyl sites for hydroxylation is 2. The molecule has 0 amide bonds. The number of hydrogen-bond acceptors (Lipinski definition) is 6. The van der Waals surface area contributed by atoms with Crippen LogP contribution in [0.1, 0.15) is 25.0 Å². The molecular formula is C18H18O4S2. The summed E-state index contributed by atoms with van der Waals surface area (Å²) in [5, 5.41) is 0. The average Bonchev–Trinajstić information content (AvgIpc) is 2.50. The molecule has 0 radical (unpaired) electrons. The van der Waals surface area contributed by atoms with Crippen molar-refractivity contribution in [2.75, 3.05) is 0 Å². The molecule has 0 aliphatic rings. The van der Waals surface area contributed by atoms with Gasteiger partial charge in [0.25, 0.3) is 0 Å². The van der Waals surface area contributed by atoms with Crippen LogP contribution in [0.15, 0.2) is 46.2 Å². The summed E-state index contributed by atoms with van der Waals surface area (Å²) in [5.41, 5.74) is 2.50. The van der Waals surface area contributed by atoms with Gasteiger partial charge in [-0.1, -0.05) is 27.7 Å². The smallest absolute Gasteiger partial charge is 0.308 e. The van der Waals surface area contributed by atoms with Crippen LogP contribution in [0.4, 0.5) is 0 Å². The van der Waals surface area contributed by atoms with E-state index in [-0.39, 0.29) is 11.5 Å². The molecule has 0 saturated heterocycles. The summed E-state index contributed by atoms with van der Waals surface area (Å²) >= 11 is 0. The Morgan fingerprint density at radius 2 is 1.29 bits per heavy atom. The molecule has 0 saturated carbocycles. The summed E-state index contributed by atoms with van der Waals surface area (Å²) < 4.78 is 10.2. The molecule has 2 rings (SSSR count). The van der Waals surface area contributed by atoms with Gasteiger partial charge in [0.2, 0.25) is 0 Å². The van der Waals surface area contributed by atoms with E-state index in [1.54, 1.807) is 33.7 Å². The van der Waals surface area contributed by atoms with Crippen molar-refractivity contribution in [2.45, 2.75) is 37.5 Å². The van der Waals surface area contributed by atoms with Crippen molar-refractivity contribution in [3.8, 4) is 11.5 Å². The molecule has 2 aromatic carbocycles. The summed E-state index contributed by atoms with van der Waals surface area (Å²) in [6.45, 7) is 6.77. The number of ether oxygens (including phenoxy) is 2. The topological polar surface area (TPSA) is 52.6 Å². The van der Waals surface area contributed by atoms with Gasteiger partial charge in [-0.25, -0.2) is 0 Å². The van der Waals surface area contributed by atoms with E-state index >= 15 is 0 Å². The minimum absolute atomic E-state index is 0.234. The highest BCUT2D eigenvalue weighted by atomic mass is 33.1. The van der Waals surface area contributed by atoms with Gasteiger partial charge < -0.3 is 9.47 Å². The van der Waals surface area contributed by atoms with Gasteiger partial charge in [-0.3, -0.25) is 9.59 Å². The normalized spacial score (nSPS) is 10.3. The Balaban J connectivity index is 2.16. The van der Waals surface area contributed by atoms with Gasteiger partial charge in [-0.2, -0.15) is 0 Å². The first-order valence-corrected chi connectivity index (χ1v) is 9.43. The van der Waals surface area contributed by atoms with Gasteiger partial charge in [0, 0.05) is 23.6 Å². The lowest BCUT2D eigenvalue weighted by atomic mass is 10.1. The molecule has 0 spiro atoms.